The van der Waals surface area contributed by atoms with E-state index in [0.717, 1.165) is 25.2 Å². The highest BCUT2D eigenvalue weighted by atomic mass is 16.2. The van der Waals surface area contributed by atoms with Gasteiger partial charge in [-0.2, -0.15) is 0 Å². The number of anilines is 1. The molecule has 0 radical (unpaired) electrons. The predicted molar refractivity (Wildman–Crippen MR) is 72.5 cm³/mol. The molecule has 1 aliphatic heterocycles. The van der Waals surface area contributed by atoms with Gasteiger partial charge in [-0.3, -0.25) is 9.78 Å². The molecule has 0 spiro atoms. The van der Waals surface area contributed by atoms with Crippen molar-refractivity contribution in [3.63, 3.8) is 0 Å². The van der Waals surface area contributed by atoms with Crippen molar-refractivity contribution in [3.05, 3.63) is 24.5 Å². The van der Waals surface area contributed by atoms with Crippen molar-refractivity contribution in [2.45, 2.75) is 32.7 Å². The van der Waals surface area contributed by atoms with Gasteiger partial charge in [0.15, 0.2) is 0 Å². The molecule has 98 valence electrons. The maximum Gasteiger partial charge on any atom is 0.225 e. The van der Waals surface area contributed by atoms with Crippen LogP contribution in [0.3, 0.4) is 0 Å². The van der Waals surface area contributed by atoms with Gasteiger partial charge in [0.25, 0.3) is 0 Å². The first-order chi connectivity index (χ1) is 8.46. The number of rotatable bonds is 2. The van der Waals surface area contributed by atoms with Crippen LogP contribution in [-0.4, -0.2) is 29.5 Å². The Hall–Kier alpha value is -1.58. The zero-order chi connectivity index (χ0) is 13.2. The highest BCUT2D eigenvalue weighted by molar-refractivity contribution is 5.80. The lowest BCUT2D eigenvalue weighted by Gasteiger charge is -2.23. The largest absolute Gasteiger partial charge is 0.371 e. The van der Waals surface area contributed by atoms with Gasteiger partial charge in [0.2, 0.25) is 5.91 Å². The molecule has 1 saturated heterocycles. The number of carbonyl (C=O) groups is 1. The SMILES string of the molecule is CC(C)(C)NC(=O)C1CCN(c2ccncc2)C1. The summed E-state index contributed by atoms with van der Waals surface area (Å²) in [6.07, 6.45) is 4.50. The molecule has 4 nitrogen and oxygen atoms in total. The Bertz CT molecular complexity index is 411. The minimum Gasteiger partial charge on any atom is -0.371 e. The van der Waals surface area contributed by atoms with Gasteiger partial charge in [-0.15, -0.1) is 0 Å². The molecule has 1 unspecified atom stereocenters. The molecule has 4 heteroatoms. The van der Waals surface area contributed by atoms with Crippen molar-refractivity contribution < 1.29 is 4.79 Å². The Morgan fingerprint density at radius 2 is 2.06 bits per heavy atom. The van der Waals surface area contributed by atoms with E-state index in [2.05, 4.69) is 15.2 Å². The Morgan fingerprint density at radius 3 is 2.67 bits per heavy atom. The summed E-state index contributed by atoms with van der Waals surface area (Å²) in [4.78, 5) is 18.3. The van der Waals surface area contributed by atoms with E-state index in [1.54, 1.807) is 12.4 Å². The van der Waals surface area contributed by atoms with Crippen LogP contribution in [0, 0.1) is 5.92 Å². The van der Waals surface area contributed by atoms with E-state index in [0.29, 0.717) is 0 Å². The van der Waals surface area contributed by atoms with E-state index in [4.69, 9.17) is 0 Å². The molecule has 1 aromatic heterocycles. The summed E-state index contributed by atoms with van der Waals surface area (Å²) >= 11 is 0. The van der Waals surface area contributed by atoms with Gasteiger partial charge in [-0.25, -0.2) is 0 Å². The van der Waals surface area contributed by atoms with Crippen molar-refractivity contribution >= 4 is 11.6 Å². The summed E-state index contributed by atoms with van der Waals surface area (Å²) < 4.78 is 0. The molecule has 1 aromatic rings. The van der Waals surface area contributed by atoms with Crippen LogP contribution in [0.2, 0.25) is 0 Å². The number of carbonyl (C=O) groups excluding carboxylic acids is 1. The molecule has 1 amide bonds. The zero-order valence-corrected chi connectivity index (χ0v) is 11.3. The summed E-state index contributed by atoms with van der Waals surface area (Å²) in [7, 11) is 0. The second kappa shape index (κ2) is 4.96. The molecular weight excluding hydrogens is 226 g/mol. The van der Waals surface area contributed by atoms with E-state index in [1.807, 2.05) is 32.9 Å². The molecular formula is C14H21N3O. The van der Waals surface area contributed by atoms with Crippen LogP contribution in [0.15, 0.2) is 24.5 Å². The first-order valence-corrected chi connectivity index (χ1v) is 6.43. The highest BCUT2D eigenvalue weighted by Crippen LogP contribution is 2.23. The van der Waals surface area contributed by atoms with E-state index in [9.17, 15) is 4.79 Å². The minimum absolute atomic E-state index is 0.0948. The van der Waals surface area contributed by atoms with Crippen LogP contribution in [0.5, 0.6) is 0 Å². The van der Waals surface area contributed by atoms with Crippen molar-refractivity contribution in [3.8, 4) is 0 Å². The molecule has 18 heavy (non-hydrogen) atoms. The van der Waals surface area contributed by atoms with Crippen LogP contribution in [-0.2, 0) is 4.79 Å². The molecule has 1 N–H and O–H groups in total. The molecule has 0 aliphatic carbocycles. The number of nitrogens with one attached hydrogen (secondary N) is 1. The van der Waals surface area contributed by atoms with Crippen LogP contribution in [0.1, 0.15) is 27.2 Å². The Labute approximate surface area is 108 Å². The molecule has 0 bridgehead atoms. The third-order valence-electron chi connectivity index (χ3n) is 3.09. The van der Waals surface area contributed by atoms with Gasteiger partial charge in [-0.1, -0.05) is 0 Å². The lowest BCUT2D eigenvalue weighted by molar-refractivity contribution is -0.125. The lowest BCUT2D eigenvalue weighted by Crippen LogP contribution is -2.44. The highest BCUT2D eigenvalue weighted by Gasteiger charge is 2.30. The van der Waals surface area contributed by atoms with E-state index < -0.39 is 0 Å². The summed E-state index contributed by atoms with van der Waals surface area (Å²) in [6, 6.07) is 3.98. The molecule has 2 heterocycles. The van der Waals surface area contributed by atoms with Crippen molar-refractivity contribution in [1.29, 1.82) is 0 Å². The second-order valence-electron chi connectivity index (χ2n) is 5.88. The fraction of sp³-hybridized carbons (Fsp3) is 0.571. The number of hydrogen-bond acceptors (Lipinski definition) is 3. The van der Waals surface area contributed by atoms with Crippen molar-refractivity contribution in [2.24, 2.45) is 5.92 Å². The van der Waals surface area contributed by atoms with E-state index in [1.165, 1.54) is 0 Å². The fourth-order valence-corrected chi connectivity index (χ4v) is 2.24. The Kier molecular flexibility index (Phi) is 3.55. The number of pyridine rings is 1. The van der Waals surface area contributed by atoms with Gasteiger partial charge >= 0.3 is 0 Å². The minimum atomic E-state index is -0.152. The number of nitrogens with zero attached hydrogens (tertiary/aromatic N) is 2. The maximum atomic E-state index is 12.1. The Morgan fingerprint density at radius 1 is 1.39 bits per heavy atom. The fourth-order valence-electron chi connectivity index (χ4n) is 2.24. The van der Waals surface area contributed by atoms with E-state index in [-0.39, 0.29) is 17.4 Å². The molecule has 1 aliphatic rings. The van der Waals surface area contributed by atoms with Gasteiger partial charge in [0.1, 0.15) is 0 Å². The third kappa shape index (κ3) is 3.22. The van der Waals surface area contributed by atoms with Gasteiger partial charge in [0.05, 0.1) is 5.92 Å². The summed E-state index contributed by atoms with van der Waals surface area (Å²) in [5.74, 6) is 0.261. The normalized spacial score (nSPS) is 19.9. The van der Waals surface area contributed by atoms with Gasteiger partial charge in [0, 0.05) is 36.7 Å². The average Bonchev–Trinajstić information content (AvgIpc) is 2.77. The van der Waals surface area contributed by atoms with Crippen LogP contribution < -0.4 is 10.2 Å². The molecule has 0 aromatic carbocycles. The average molecular weight is 247 g/mol. The topological polar surface area (TPSA) is 45.2 Å². The summed E-state index contributed by atoms with van der Waals surface area (Å²) in [5.41, 5.74) is 0.998. The van der Waals surface area contributed by atoms with Gasteiger partial charge < -0.3 is 10.2 Å². The van der Waals surface area contributed by atoms with Crippen molar-refractivity contribution in [1.82, 2.24) is 10.3 Å². The molecule has 1 atom stereocenters. The van der Waals surface area contributed by atoms with Crippen LogP contribution in [0.4, 0.5) is 5.69 Å². The summed E-state index contributed by atoms with van der Waals surface area (Å²) in [5, 5.41) is 3.06. The lowest BCUT2D eigenvalue weighted by atomic mass is 10.0. The molecule has 2 rings (SSSR count). The number of aromatic nitrogens is 1. The first kappa shape index (κ1) is 12.9. The smallest absolute Gasteiger partial charge is 0.225 e. The van der Waals surface area contributed by atoms with Crippen LogP contribution in [0.25, 0.3) is 0 Å². The third-order valence-corrected chi connectivity index (χ3v) is 3.09. The predicted octanol–water partition coefficient (Wildman–Crippen LogP) is 1.82. The molecule has 1 fully saturated rings. The van der Waals surface area contributed by atoms with Crippen molar-refractivity contribution in [2.75, 3.05) is 18.0 Å². The monoisotopic (exact) mass is 247 g/mol. The molecule has 0 saturated carbocycles. The number of amides is 1. The van der Waals surface area contributed by atoms with E-state index >= 15 is 0 Å². The zero-order valence-electron chi connectivity index (χ0n) is 11.3. The first-order valence-electron chi connectivity index (χ1n) is 6.43. The summed E-state index contributed by atoms with van der Waals surface area (Å²) in [6.45, 7) is 7.78. The van der Waals surface area contributed by atoms with Crippen LogP contribution >= 0.6 is 0 Å². The number of hydrogen-bond donors (Lipinski definition) is 1. The second-order valence-corrected chi connectivity index (χ2v) is 5.88. The van der Waals surface area contributed by atoms with Gasteiger partial charge in [-0.05, 0) is 39.3 Å². The quantitative estimate of drug-likeness (QED) is 0.867. The Balaban J connectivity index is 1.95. The standard InChI is InChI=1S/C14H21N3O/c1-14(2,3)16-13(18)11-6-9-17(10-11)12-4-7-15-8-5-12/h4-5,7-8,11H,6,9-10H2,1-3H3,(H,16,18). The maximum absolute atomic E-state index is 12.1.